The van der Waals surface area contributed by atoms with Gasteiger partial charge in [0.15, 0.2) is 0 Å². The molecule has 0 aromatic heterocycles. The van der Waals surface area contributed by atoms with E-state index in [0.717, 1.165) is 19.3 Å². The van der Waals surface area contributed by atoms with E-state index < -0.39 is 24.1 Å². The minimum atomic E-state index is -0.965. The molecule has 0 heterocycles. The number of Topliss-reactive ketones (excluding diaryl/α,β-unsaturated/α-hetero) is 1. The van der Waals surface area contributed by atoms with Crippen LogP contribution in [-0.2, 0) is 9.59 Å². The first-order chi connectivity index (χ1) is 13.0. The number of aliphatic hydroxyl groups is 2. The first kappa shape index (κ1) is 23.1. The quantitative estimate of drug-likeness (QED) is 0.453. The van der Waals surface area contributed by atoms with Gasteiger partial charge in [0.05, 0.1) is 12.2 Å². The average Bonchev–Trinajstić information content (AvgIpc) is 2.89. The number of aliphatic hydroxyl groups excluding tert-OH is 2. The monoisotopic (exact) mass is 376 g/mol. The molecule has 0 bridgehead atoms. The van der Waals surface area contributed by atoms with Crippen LogP contribution in [0, 0.1) is 11.8 Å². The lowest BCUT2D eigenvalue weighted by atomic mass is 9.90. The molecule has 0 aromatic rings. The zero-order valence-corrected chi connectivity index (χ0v) is 16.0. The molecule has 150 valence electrons. The van der Waals surface area contributed by atoms with Crippen molar-refractivity contribution in [2.75, 3.05) is 0 Å². The van der Waals surface area contributed by atoms with E-state index in [9.17, 15) is 19.8 Å². The molecule has 1 fully saturated rings. The fraction of sp³-hybridized carbons (Fsp3) is 0.545. The van der Waals surface area contributed by atoms with Gasteiger partial charge in [-0.3, -0.25) is 9.59 Å². The van der Waals surface area contributed by atoms with E-state index in [0.29, 0.717) is 6.42 Å². The topological polar surface area (TPSA) is 94.8 Å². The summed E-state index contributed by atoms with van der Waals surface area (Å²) in [6, 6.07) is 0. The highest BCUT2D eigenvalue weighted by Gasteiger charge is 2.39. The molecule has 0 saturated heterocycles. The Labute approximate surface area is 161 Å². The van der Waals surface area contributed by atoms with E-state index in [2.05, 4.69) is 31.2 Å². The minimum Gasteiger partial charge on any atom is -0.481 e. The summed E-state index contributed by atoms with van der Waals surface area (Å²) < 4.78 is 0. The van der Waals surface area contributed by atoms with Crippen LogP contribution in [0.15, 0.2) is 48.6 Å². The van der Waals surface area contributed by atoms with Crippen LogP contribution in [0.4, 0.5) is 0 Å². The van der Waals surface area contributed by atoms with Gasteiger partial charge in [0.2, 0.25) is 0 Å². The maximum absolute atomic E-state index is 12.1. The van der Waals surface area contributed by atoms with Crippen LogP contribution in [0.5, 0.6) is 0 Å². The second kappa shape index (κ2) is 13.2. The van der Waals surface area contributed by atoms with Gasteiger partial charge in [-0.05, 0) is 32.1 Å². The Hall–Kier alpha value is -1.98. The summed E-state index contributed by atoms with van der Waals surface area (Å²) in [5.74, 6) is -1.63. The number of carbonyl (C=O) groups excluding carboxylic acids is 1. The Bertz CT molecular complexity index is 573. The Morgan fingerprint density at radius 2 is 1.78 bits per heavy atom. The minimum absolute atomic E-state index is 0.0369. The lowest BCUT2D eigenvalue weighted by Crippen LogP contribution is -2.19. The van der Waals surface area contributed by atoms with Crippen LogP contribution in [-0.4, -0.2) is 39.3 Å². The smallest absolute Gasteiger partial charge is 0.303 e. The van der Waals surface area contributed by atoms with Crippen molar-refractivity contribution < 1.29 is 24.9 Å². The van der Waals surface area contributed by atoms with Crippen molar-refractivity contribution >= 4 is 11.8 Å². The van der Waals surface area contributed by atoms with E-state index in [1.54, 1.807) is 6.08 Å². The molecule has 0 aromatic carbocycles. The molecule has 1 aliphatic rings. The maximum atomic E-state index is 12.1. The van der Waals surface area contributed by atoms with E-state index in [4.69, 9.17) is 5.11 Å². The third kappa shape index (κ3) is 9.50. The summed E-state index contributed by atoms with van der Waals surface area (Å²) in [5.41, 5.74) is 0. The number of carboxylic acids is 1. The SMILES string of the molecule is CC/C=C\C/C=C\C/C=C\C[C@@H]1[C@@H](O)CC(=O)[C@@H]1/C=C/[C@H](O)CCC(=O)O. The van der Waals surface area contributed by atoms with Crippen molar-refractivity contribution in [1.82, 2.24) is 0 Å². The number of hydrogen-bond donors (Lipinski definition) is 3. The summed E-state index contributed by atoms with van der Waals surface area (Å²) in [6.45, 7) is 2.10. The van der Waals surface area contributed by atoms with Crippen molar-refractivity contribution in [3.63, 3.8) is 0 Å². The van der Waals surface area contributed by atoms with Crippen LogP contribution in [0.1, 0.15) is 51.9 Å². The third-order valence-electron chi connectivity index (χ3n) is 4.62. The second-order valence-corrected chi connectivity index (χ2v) is 6.84. The number of carboxylic acid groups (broad SMARTS) is 1. The molecule has 0 aliphatic heterocycles. The molecule has 1 saturated carbocycles. The van der Waals surface area contributed by atoms with Crippen LogP contribution in [0.3, 0.4) is 0 Å². The zero-order valence-electron chi connectivity index (χ0n) is 16.0. The summed E-state index contributed by atoms with van der Waals surface area (Å²) in [7, 11) is 0. The van der Waals surface area contributed by atoms with Crippen molar-refractivity contribution in [3.05, 3.63) is 48.6 Å². The summed E-state index contributed by atoms with van der Waals surface area (Å²) in [5, 5.41) is 28.6. The summed E-state index contributed by atoms with van der Waals surface area (Å²) in [4.78, 5) is 22.6. The Kier molecular flexibility index (Phi) is 11.3. The number of hydrogen-bond acceptors (Lipinski definition) is 4. The molecule has 3 N–H and O–H groups in total. The largest absolute Gasteiger partial charge is 0.481 e. The Morgan fingerprint density at radius 3 is 2.41 bits per heavy atom. The third-order valence-corrected chi connectivity index (χ3v) is 4.62. The second-order valence-electron chi connectivity index (χ2n) is 6.84. The van der Waals surface area contributed by atoms with Crippen molar-refractivity contribution in [3.8, 4) is 0 Å². The fourth-order valence-electron chi connectivity index (χ4n) is 3.10. The van der Waals surface area contributed by atoms with Crippen molar-refractivity contribution in [2.45, 2.75) is 64.1 Å². The van der Waals surface area contributed by atoms with Gasteiger partial charge in [0, 0.05) is 24.7 Å². The highest BCUT2D eigenvalue weighted by molar-refractivity contribution is 5.86. The van der Waals surface area contributed by atoms with Crippen LogP contribution in [0.2, 0.25) is 0 Å². The number of rotatable bonds is 12. The molecular weight excluding hydrogens is 344 g/mol. The van der Waals surface area contributed by atoms with Gasteiger partial charge in [-0.1, -0.05) is 55.5 Å². The van der Waals surface area contributed by atoms with Gasteiger partial charge in [-0.25, -0.2) is 0 Å². The Balaban J connectivity index is 2.48. The van der Waals surface area contributed by atoms with Gasteiger partial charge in [-0.15, -0.1) is 0 Å². The van der Waals surface area contributed by atoms with Gasteiger partial charge < -0.3 is 15.3 Å². The van der Waals surface area contributed by atoms with Gasteiger partial charge in [-0.2, -0.15) is 0 Å². The molecule has 1 aliphatic carbocycles. The standard InChI is InChI=1S/C22H32O5/c1-2-3-4-5-6-7-8-9-10-11-18-19(21(25)16-20(18)24)14-12-17(23)13-15-22(26)27/h3-4,6-7,9-10,12,14,17-20,23-24H,2,5,8,11,13,15-16H2,1H3,(H,26,27)/b4-3-,7-6-,10-9-,14-12+/t17-,18-,19+,20-/m0/s1. The van der Waals surface area contributed by atoms with Gasteiger partial charge in [0.25, 0.3) is 0 Å². The lowest BCUT2D eigenvalue weighted by Gasteiger charge is -2.17. The summed E-state index contributed by atoms with van der Waals surface area (Å²) in [6.07, 6.45) is 17.5. The molecule has 0 amide bonds. The molecule has 5 nitrogen and oxygen atoms in total. The van der Waals surface area contributed by atoms with Crippen molar-refractivity contribution in [1.29, 1.82) is 0 Å². The highest BCUT2D eigenvalue weighted by atomic mass is 16.4. The normalized spacial score (nSPS) is 24.9. The molecular formula is C22H32O5. The first-order valence-corrected chi connectivity index (χ1v) is 9.69. The van der Waals surface area contributed by atoms with Gasteiger partial charge >= 0.3 is 5.97 Å². The molecule has 4 atom stereocenters. The first-order valence-electron chi connectivity index (χ1n) is 9.69. The van der Waals surface area contributed by atoms with Crippen molar-refractivity contribution in [2.24, 2.45) is 11.8 Å². The number of ketones is 1. The van der Waals surface area contributed by atoms with E-state index in [1.165, 1.54) is 6.08 Å². The molecule has 0 radical (unpaired) electrons. The summed E-state index contributed by atoms with van der Waals surface area (Å²) >= 11 is 0. The van der Waals surface area contributed by atoms with Crippen LogP contribution >= 0.6 is 0 Å². The predicted octanol–water partition coefficient (Wildman–Crippen LogP) is 3.58. The van der Waals surface area contributed by atoms with E-state index >= 15 is 0 Å². The van der Waals surface area contributed by atoms with Gasteiger partial charge in [0.1, 0.15) is 5.78 Å². The average molecular weight is 376 g/mol. The van der Waals surface area contributed by atoms with Crippen LogP contribution < -0.4 is 0 Å². The molecule has 0 unspecified atom stereocenters. The lowest BCUT2D eigenvalue weighted by molar-refractivity contribution is -0.137. The zero-order chi connectivity index (χ0) is 20.1. The van der Waals surface area contributed by atoms with E-state index in [1.807, 2.05) is 12.2 Å². The molecule has 1 rings (SSSR count). The number of allylic oxidation sites excluding steroid dienone is 7. The Morgan fingerprint density at radius 1 is 1.15 bits per heavy atom. The fourth-order valence-corrected chi connectivity index (χ4v) is 3.10. The number of carbonyl (C=O) groups is 2. The highest BCUT2D eigenvalue weighted by Crippen LogP contribution is 2.33. The molecule has 0 spiro atoms. The molecule has 27 heavy (non-hydrogen) atoms. The van der Waals surface area contributed by atoms with E-state index in [-0.39, 0.29) is 31.0 Å². The molecule has 5 heteroatoms. The van der Waals surface area contributed by atoms with Crippen LogP contribution in [0.25, 0.3) is 0 Å². The number of aliphatic carboxylic acids is 1. The predicted molar refractivity (Wildman–Crippen MR) is 106 cm³/mol. The maximum Gasteiger partial charge on any atom is 0.303 e.